The summed E-state index contributed by atoms with van der Waals surface area (Å²) >= 11 is 1.10. The number of nitriles is 1. The molecule has 1 N–H and O–H groups in total. The first kappa shape index (κ1) is 15.4. The summed E-state index contributed by atoms with van der Waals surface area (Å²) in [7, 11) is 0. The lowest BCUT2D eigenvalue weighted by Gasteiger charge is -2.21. The van der Waals surface area contributed by atoms with E-state index in [9.17, 15) is 4.79 Å². The minimum Gasteiger partial charge on any atom is -0.444 e. The van der Waals surface area contributed by atoms with Gasteiger partial charge >= 0.3 is 6.09 Å². The molecule has 0 bridgehead atoms. The molecule has 5 heteroatoms. The first-order chi connectivity index (χ1) is 8.73. The molecule has 1 aromatic rings. The fourth-order valence-corrected chi connectivity index (χ4v) is 2.22. The zero-order valence-electron chi connectivity index (χ0n) is 11.8. The van der Waals surface area contributed by atoms with Gasteiger partial charge in [-0.3, -0.25) is 5.32 Å². The van der Waals surface area contributed by atoms with Crippen molar-refractivity contribution in [1.29, 1.82) is 5.26 Å². The number of aryl methyl sites for hydroxylation is 2. The predicted molar refractivity (Wildman–Crippen MR) is 77.2 cm³/mol. The highest BCUT2D eigenvalue weighted by atomic mass is 32.2. The first-order valence-corrected chi connectivity index (χ1v) is 6.72. The van der Waals surface area contributed by atoms with E-state index in [0.29, 0.717) is 0 Å². The molecule has 0 aliphatic rings. The van der Waals surface area contributed by atoms with Crippen molar-refractivity contribution in [1.82, 2.24) is 0 Å². The van der Waals surface area contributed by atoms with E-state index in [4.69, 9.17) is 10.00 Å². The van der Waals surface area contributed by atoms with Crippen molar-refractivity contribution in [2.75, 3.05) is 5.32 Å². The molecule has 0 aromatic heterocycles. The van der Waals surface area contributed by atoms with Crippen molar-refractivity contribution < 1.29 is 9.53 Å². The third-order valence-electron chi connectivity index (χ3n) is 2.30. The quantitative estimate of drug-likeness (QED) is 0.649. The molecule has 0 aliphatic carbocycles. The molecule has 0 saturated carbocycles. The normalized spacial score (nSPS) is 10.7. The van der Waals surface area contributed by atoms with Crippen molar-refractivity contribution in [3.05, 3.63) is 23.3 Å². The number of carbonyl (C=O) groups excluding carboxylic acids is 1. The average molecular weight is 278 g/mol. The maximum absolute atomic E-state index is 11.8. The number of amides is 1. The van der Waals surface area contributed by atoms with Gasteiger partial charge in [0.2, 0.25) is 0 Å². The van der Waals surface area contributed by atoms with Crippen molar-refractivity contribution in [3.63, 3.8) is 0 Å². The zero-order chi connectivity index (χ0) is 14.6. The molecule has 0 saturated heterocycles. The van der Waals surface area contributed by atoms with Gasteiger partial charge in [-0.15, -0.1) is 0 Å². The largest absolute Gasteiger partial charge is 0.444 e. The van der Waals surface area contributed by atoms with Crippen molar-refractivity contribution in [2.24, 2.45) is 0 Å². The summed E-state index contributed by atoms with van der Waals surface area (Å²) in [6, 6.07) is 3.74. The van der Waals surface area contributed by atoms with E-state index < -0.39 is 11.7 Å². The van der Waals surface area contributed by atoms with Crippen LogP contribution in [0.15, 0.2) is 17.0 Å². The Bertz CT molecular complexity index is 504. The number of thiocyanates is 1. The molecule has 4 nitrogen and oxygen atoms in total. The second-order valence-corrected chi connectivity index (χ2v) is 6.11. The van der Waals surface area contributed by atoms with E-state index >= 15 is 0 Å². The summed E-state index contributed by atoms with van der Waals surface area (Å²) in [4.78, 5) is 12.6. The smallest absolute Gasteiger partial charge is 0.412 e. The van der Waals surface area contributed by atoms with Gasteiger partial charge in [0.25, 0.3) is 0 Å². The highest BCUT2D eigenvalue weighted by Gasteiger charge is 2.17. The van der Waals surface area contributed by atoms with Crippen molar-refractivity contribution >= 4 is 23.5 Å². The number of benzene rings is 1. The second kappa shape index (κ2) is 5.98. The van der Waals surface area contributed by atoms with E-state index in [2.05, 4.69) is 5.32 Å². The fourth-order valence-electron chi connectivity index (χ4n) is 1.64. The number of hydrogen-bond acceptors (Lipinski definition) is 4. The Morgan fingerprint density at radius 1 is 1.32 bits per heavy atom. The molecule has 102 valence electrons. The van der Waals surface area contributed by atoms with Gasteiger partial charge in [0.05, 0.1) is 0 Å². The Morgan fingerprint density at radius 3 is 2.26 bits per heavy atom. The predicted octanol–water partition coefficient (Wildman–Crippen LogP) is 4.22. The Morgan fingerprint density at radius 2 is 1.84 bits per heavy atom. The number of hydrogen-bond donors (Lipinski definition) is 1. The van der Waals surface area contributed by atoms with Crippen LogP contribution in [0.2, 0.25) is 0 Å². The molecule has 0 radical (unpaired) electrons. The molecule has 0 unspecified atom stereocenters. The van der Waals surface area contributed by atoms with Gasteiger partial charge in [-0.05, 0) is 69.6 Å². The Kier molecular flexibility index (Phi) is 4.84. The van der Waals surface area contributed by atoms with E-state index in [0.717, 1.165) is 33.5 Å². The van der Waals surface area contributed by atoms with Crippen LogP contribution in [0.4, 0.5) is 10.5 Å². The fraction of sp³-hybridized carbons (Fsp3) is 0.429. The van der Waals surface area contributed by atoms with E-state index in [1.807, 2.05) is 52.2 Å². The second-order valence-electron chi connectivity index (χ2n) is 5.25. The van der Waals surface area contributed by atoms with Crippen LogP contribution in [0.3, 0.4) is 0 Å². The molecular formula is C14H18N2O2S. The van der Waals surface area contributed by atoms with Crippen LogP contribution in [0.1, 0.15) is 31.9 Å². The minimum atomic E-state index is -0.525. The van der Waals surface area contributed by atoms with Gasteiger partial charge in [0.1, 0.15) is 11.0 Å². The summed E-state index contributed by atoms with van der Waals surface area (Å²) < 4.78 is 5.22. The summed E-state index contributed by atoms with van der Waals surface area (Å²) in [5.41, 5.74) is 2.02. The lowest BCUT2D eigenvalue weighted by atomic mass is 10.1. The van der Waals surface area contributed by atoms with Gasteiger partial charge in [-0.1, -0.05) is 0 Å². The molecule has 0 spiro atoms. The molecule has 1 amide bonds. The molecule has 0 fully saturated rings. The van der Waals surface area contributed by atoms with Gasteiger partial charge in [-0.25, -0.2) is 4.79 Å². The Hall–Kier alpha value is -1.67. The maximum atomic E-state index is 11.8. The van der Waals surface area contributed by atoms with Crippen molar-refractivity contribution in [2.45, 2.75) is 45.1 Å². The zero-order valence-corrected chi connectivity index (χ0v) is 12.6. The van der Waals surface area contributed by atoms with E-state index in [1.165, 1.54) is 0 Å². The number of nitrogens with one attached hydrogen (secondary N) is 1. The third-order valence-corrected chi connectivity index (χ3v) is 2.86. The topological polar surface area (TPSA) is 62.1 Å². The Balaban J connectivity index is 2.91. The van der Waals surface area contributed by atoms with Crippen molar-refractivity contribution in [3.8, 4) is 5.40 Å². The SMILES string of the molecule is Cc1cc(SC#N)cc(C)c1NC(=O)OC(C)(C)C. The molecule has 0 atom stereocenters. The number of carbonyl (C=O) groups is 1. The number of ether oxygens (including phenoxy) is 1. The molecule has 19 heavy (non-hydrogen) atoms. The highest BCUT2D eigenvalue weighted by Crippen LogP contribution is 2.27. The third kappa shape index (κ3) is 4.84. The van der Waals surface area contributed by atoms with Gasteiger partial charge in [0, 0.05) is 10.6 Å². The number of rotatable bonds is 2. The van der Waals surface area contributed by atoms with Gasteiger partial charge in [-0.2, -0.15) is 5.26 Å². The van der Waals surface area contributed by atoms with Crippen LogP contribution in [-0.2, 0) is 4.74 Å². The highest BCUT2D eigenvalue weighted by molar-refractivity contribution is 8.03. The molecule has 1 rings (SSSR count). The molecular weight excluding hydrogens is 260 g/mol. The maximum Gasteiger partial charge on any atom is 0.412 e. The summed E-state index contributed by atoms with van der Waals surface area (Å²) in [6.07, 6.45) is -0.473. The number of nitrogens with zero attached hydrogens (tertiary/aromatic N) is 1. The summed E-state index contributed by atoms with van der Waals surface area (Å²) in [6.45, 7) is 9.24. The Labute approximate surface area is 118 Å². The standard InChI is InChI=1S/C14H18N2O2S/c1-9-6-11(19-8-15)7-10(2)12(9)16-13(17)18-14(3,4)5/h6-7H,1-5H3,(H,16,17). The van der Waals surface area contributed by atoms with Gasteiger partial charge < -0.3 is 4.74 Å². The number of anilines is 1. The van der Waals surface area contributed by atoms with E-state index in [-0.39, 0.29) is 0 Å². The van der Waals surface area contributed by atoms with Crippen LogP contribution in [0, 0.1) is 24.5 Å². The lowest BCUT2D eigenvalue weighted by molar-refractivity contribution is 0.0635. The molecule has 1 aromatic carbocycles. The monoisotopic (exact) mass is 278 g/mol. The van der Waals surface area contributed by atoms with Crippen LogP contribution in [0.25, 0.3) is 0 Å². The van der Waals surface area contributed by atoms with Crippen LogP contribution < -0.4 is 5.32 Å². The lowest BCUT2D eigenvalue weighted by Crippen LogP contribution is -2.27. The van der Waals surface area contributed by atoms with E-state index in [1.54, 1.807) is 0 Å². The molecule has 0 heterocycles. The van der Waals surface area contributed by atoms with Gasteiger partial charge in [0.15, 0.2) is 0 Å². The summed E-state index contributed by atoms with van der Waals surface area (Å²) in [5, 5.41) is 13.5. The van der Waals surface area contributed by atoms with Crippen LogP contribution in [0.5, 0.6) is 0 Å². The minimum absolute atomic E-state index is 0.473. The van der Waals surface area contributed by atoms with Crippen LogP contribution in [-0.4, -0.2) is 11.7 Å². The summed E-state index contributed by atoms with van der Waals surface area (Å²) in [5.74, 6) is 0. The average Bonchev–Trinajstić information content (AvgIpc) is 2.21. The molecule has 0 aliphatic heterocycles. The first-order valence-electron chi connectivity index (χ1n) is 5.90. The number of thioether (sulfide) groups is 1. The van der Waals surface area contributed by atoms with Crippen LogP contribution >= 0.6 is 11.8 Å².